The minimum absolute atomic E-state index is 0.0314. The van der Waals surface area contributed by atoms with E-state index in [1.54, 1.807) is 18.4 Å². The van der Waals surface area contributed by atoms with E-state index in [1.807, 2.05) is 44.2 Å². The van der Waals surface area contributed by atoms with Gasteiger partial charge >= 0.3 is 0 Å². The highest BCUT2D eigenvalue weighted by molar-refractivity contribution is 7.22. The Morgan fingerprint density at radius 3 is 2.75 bits per heavy atom. The minimum Gasteiger partial charge on any atom is -0.497 e. The number of hydrogen-bond acceptors (Lipinski definition) is 5. The van der Waals surface area contributed by atoms with Crippen LogP contribution in [0, 0.1) is 19.8 Å². The normalized spacial score (nSPS) is 17.0. The lowest BCUT2D eigenvalue weighted by Gasteiger charge is -2.31. The SMILES string of the molecule is COc1ccc2nc(N3CCCC(C(=O)Nc4cc(C)cc(C)c4)C3)sc2c1. The highest BCUT2D eigenvalue weighted by Gasteiger charge is 2.27. The summed E-state index contributed by atoms with van der Waals surface area (Å²) in [6.07, 6.45) is 1.90. The van der Waals surface area contributed by atoms with Gasteiger partial charge in [0.15, 0.2) is 5.13 Å². The number of carbonyl (C=O) groups is 1. The second-order valence-electron chi connectivity index (χ2n) is 7.48. The number of aromatic nitrogens is 1. The number of benzene rings is 2. The maximum Gasteiger partial charge on any atom is 0.229 e. The summed E-state index contributed by atoms with van der Waals surface area (Å²) in [5, 5.41) is 4.09. The summed E-state index contributed by atoms with van der Waals surface area (Å²) in [6.45, 7) is 5.73. The number of carbonyl (C=O) groups excluding carboxylic acids is 1. The maximum atomic E-state index is 12.9. The van der Waals surface area contributed by atoms with Crippen LogP contribution in [0.3, 0.4) is 0 Å². The van der Waals surface area contributed by atoms with Crippen molar-refractivity contribution in [2.24, 2.45) is 5.92 Å². The molecule has 5 nitrogen and oxygen atoms in total. The molecule has 1 saturated heterocycles. The van der Waals surface area contributed by atoms with Crippen molar-refractivity contribution in [3.05, 3.63) is 47.5 Å². The first kappa shape index (κ1) is 18.7. The van der Waals surface area contributed by atoms with Gasteiger partial charge in [0.1, 0.15) is 5.75 Å². The van der Waals surface area contributed by atoms with Crippen LogP contribution < -0.4 is 15.0 Å². The van der Waals surface area contributed by atoms with E-state index >= 15 is 0 Å². The number of piperidine rings is 1. The van der Waals surface area contributed by atoms with E-state index < -0.39 is 0 Å². The van der Waals surface area contributed by atoms with Gasteiger partial charge in [-0.3, -0.25) is 4.79 Å². The van der Waals surface area contributed by atoms with Gasteiger partial charge in [-0.25, -0.2) is 4.98 Å². The van der Waals surface area contributed by atoms with E-state index in [1.165, 1.54) is 0 Å². The predicted octanol–water partition coefficient (Wildman–Crippen LogP) is 4.78. The highest BCUT2D eigenvalue weighted by Crippen LogP contribution is 2.33. The van der Waals surface area contributed by atoms with Crippen LogP contribution in [-0.4, -0.2) is 31.1 Å². The lowest BCUT2D eigenvalue weighted by Crippen LogP contribution is -2.40. The number of aryl methyl sites for hydroxylation is 2. The monoisotopic (exact) mass is 395 g/mol. The summed E-state index contributed by atoms with van der Waals surface area (Å²) in [5.41, 5.74) is 4.17. The molecule has 146 valence electrons. The first-order valence-electron chi connectivity index (χ1n) is 9.60. The second-order valence-corrected chi connectivity index (χ2v) is 8.49. The van der Waals surface area contributed by atoms with Crippen LogP contribution in [0.5, 0.6) is 5.75 Å². The number of rotatable bonds is 4. The molecule has 4 rings (SSSR count). The first-order chi connectivity index (χ1) is 13.5. The summed E-state index contributed by atoms with van der Waals surface area (Å²) in [5.74, 6) is 0.903. The van der Waals surface area contributed by atoms with Crippen LogP contribution in [0.15, 0.2) is 36.4 Å². The van der Waals surface area contributed by atoms with Gasteiger partial charge in [0, 0.05) is 18.8 Å². The molecule has 1 aliphatic heterocycles. The number of nitrogens with one attached hydrogen (secondary N) is 1. The molecule has 0 saturated carbocycles. The average molecular weight is 396 g/mol. The topological polar surface area (TPSA) is 54.5 Å². The summed E-state index contributed by atoms with van der Waals surface area (Å²) in [7, 11) is 1.67. The number of nitrogens with zero attached hydrogens (tertiary/aromatic N) is 2. The predicted molar refractivity (Wildman–Crippen MR) is 116 cm³/mol. The van der Waals surface area contributed by atoms with Crippen LogP contribution >= 0.6 is 11.3 Å². The summed E-state index contributed by atoms with van der Waals surface area (Å²) >= 11 is 1.66. The van der Waals surface area contributed by atoms with E-state index in [0.29, 0.717) is 6.54 Å². The molecule has 1 atom stereocenters. The minimum atomic E-state index is -0.0314. The molecule has 2 aromatic carbocycles. The second kappa shape index (κ2) is 7.80. The Morgan fingerprint density at radius 2 is 2.00 bits per heavy atom. The fraction of sp³-hybridized carbons (Fsp3) is 0.364. The van der Waals surface area contributed by atoms with Crippen molar-refractivity contribution >= 4 is 38.3 Å². The van der Waals surface area contributed by atoms with Crippen LogP contribution in [0.25, 0.3) is 10.2 Å². The number of anilines is 2. The van der Waals surface area contributed by atoms with Crippen LogP contribution in [0.2, 0.25) is 0 Å². The Hall–Kier alpha value is -2.60. The van der Waals surface area contributed by atoms with Gasteiger partial charge in [0.25, 0.3) is 0 Å². The van der Waals surface area contributed by atoms with Gasteiger partial charge < -0.3 is 15.0 Å². The number of fused-ring (bicyclic) bond motifs is 1. The van der Waals surface area contributed by atoms with Gasteiger partial charge in [-0.05, 0) is 68.1 Å². The molecule has 0 radical (unpaired) electrons. The number of ether oxygens (including phenoxy) is 1. The quantitative estimate of drug-likeness (QED) is 0.691. The van der Waals surface area contributed by atoms with Crippen molar-refractivity contribution in [2.45, 2.75) is 26.7 Å². The molecule has 1 aromatic heterocycles. The van der Waals surface area contributed by atoms with E-state index in [2.05, 4.69) is 16.3 Å². The molecule has 1 amide bonds. The van der Waals surface area contributed by atoms with E-state index in [4.69, 9.17) is 9.72 Å². The van der Waals surface area contributed by atoms with Gasteiger partial charge in [-0.1, -0.05) is 17.4 Å². The molecule has 0 spiro atoms. The smallest absolute Gasteiger partial charge is 0.229 e. The third-order valence-electron chi connectivity index (χ3n) is 5.14. The Labute approximate surface area is 169 Å². The van der Waals surface area contributed by atoms with E-state index in [-0.39, 0.29) is 11.8 Å². The summed E-state index contributed by atoms with van der Waals surface area (Å²) in [4.78, 5) is 19.9. The fourth-order valence-corrected chi connectivity index (χ4v) is 4.84. The molecular weight excluding hydrogens is 370 g/mol. The van der Waals surface area contributed by atoms with Gasteiger partial charge in [0.05, 0.1) is 23.2 Å². The molecule has 1 aliphatic rings. The lowest BCUT2D eigenvalue weighted by molar-refractivity contribution is -0.120. The van der Waals surface area contributed by atoms with Crippen molar-refractivity contribution < 1.29 is 9.53 Å². The number of hydrogen-bond donors (Lipinski definition) is 1. The van der Waals surface area contributed by atoms with Crippen LogP contribution in [0.4, 0.5) is 10.8 Å². The Kier molecular flexibility index (Phi) is 5.22. The molecule has 6 heteroatoms. The van der Waals surface area contributed by atoms with Gasteiger partial charge in [0.2, 0.25) is 5.91 Å². The molecular formula is C22H25N3O2S. The molecule has 1 fully saturated rings. The first-order valence-corrected chi connectivity index (χ1v) is 10.4. The zero-order valence-electron chi connectivity index (χ0n) is 16.5. The maximum absolute atomic E-state index is 12.9. The fourth-order valence-electron chi connectivity index (χ4n) is 3.81. The standard InChI is InChI=1S/C22H25N3O2S/c1-14-9-15(2)11-17(10-14)23-21(26)16-5-4-8-25(13-16)22-24-19-7-6-18(27-3)12-20(19)28-22/h6-7,9-12,16H,4-5,8,13H2,1-3H3,(H,23,26). The molecule has 3 aromatic rings. The molecule has 1 N–H and O–H groups in total. The zero-order valence-corrected chi connectivity index (χ0v) is 17.3. The Morgan fingerprint density at radius 1 is 1.21 bits per heavy atom. The molecule has 0 aliphatic carbocycles. The van der Waals surface area contributed by atoms with Crippen molar-refractivity contribution in [3.63, 3.8) is 0 Å². The van der Waals surface area contributed by atoms with Crippen molar-refractivity contribution in [1.82, 2.24) is 4.98 Å². The van der Waals surface area contributed by atoms with Crippen molar-refractivity contribution in [3.8, 4) is 5.75 Å². The number of amides is 1. The lowest BCUT2D eigenvalue weighted by atomic mass is 9.97. The number of methoxy groups -OCH3 is 1. The van der Waals surface area contributed by atoms with Crippen LogP contribution in [0.1, 0.15) is 24.0 Å². The molecule has 28 heavy (non-hydrogen) atoms. The summed E-state index contributed by atoms with van der Waals surface area (Å²) in [6, 6.07) is 12.1. The van der Waals surface area contributed by atoms with Crippen molar-refractivity contribution in [1.29, 1.82) is 0 Å². The van der Waals surface area contributed by atoms with Crippen molar-refractivity contribution in [2.75, 3.05) is 30.4 Å². The largest absolute Gasteiger partial charge is 0.497 e. The molecule has 1 unspecified atom stereocenters. The molecule has 2 heterocycles. The Bertz CT molecular complexity index is 994. The summed E-state index contributed by atoms with van der Waals surface area (Å²) < 4.78 is 6.42. The van der Waals surface area contributed by atoms with E-state index in [9.17, 15) is 4.79 Å². The Balaban J connectivity index is 1.48. The van der Waals surface area contributed by atoms with E-state index in [0.717, 1.165) is 57.3 Å². The zero-order chi connectivity index (χ0) is 19.7. The molecule has 0 bridgehead atoms. The third kappa shape index (κ3) is 3.97. The third-order valence-corrected chi connectivity index (χ3v) is 6.22. The van der Waals surface area contributed by atoms with Gasteiger partial charge in [-0.2, -0.15) is 0 Å². The number of thiazole rings is 1. The van der Waals surface area contributed by atoms with Crippen LogP contribution in [-0.2, 0) is 4.79 Å². The average Bonchev–Trinajstić information content (AvgIpc) is 3.10. The highest BCUT2D eigenvalue weighted by atomic mass is 32.1. The van der Waals surface area contributed by atoms with Gasteiger partial charge in [-0.15, -0.1) is 0 Å².